The summed E-state index contributed by atoms with van der Waals surface area (Å²) in [6.45, 7) is 2.69. The van der Waals surface area contributed by atoms with E-state index in [1.54, 1.807) is 18.2 Å². The van der Waals surface area contributed by atoms with Crippen LogP contribution in [0.4, 0.5) is 5.69 Å². The molecular formula is C12H15N3OS. The SMILES string of the molecule is CCCNC(=O)CSc1cc(C#N)ccc1N. The number of carbonyl (C=O) groups excluding carboxylic acids is 1. The molecule has 0 fully saturated rings. The molecule has 5 heteroatoms. The lowest BCUT2D eigenvalue weighted by Gasteiger charge is -2.06. The fourth-order valence-electron chi connectivity index (χ4n) is 1.19. The van der Waals surface area contributed by atoms with Crippen LogP contribution in [0.1, 0.15) is 18.9 Å². The lowest BCUT2D eigenvalue weighted by Crippen LogP contribution is -2.25. The summed E-state index contributed by atoms with van der Waals surface area (Å²) in [7, 11) is 0. The first kappa shape index (κ1) is 13.4. The Morgan fingerprint density at radius 3 is 3.00 bits per heavy atom. The first-order valence-electron chi connectivity index (χ1n) is 5.36. The van der Waals surface area contributed by atoms with Crippen molar-refractivity contribution < 1.29 is 4.79 Å². The molecule has 1 aromatic carbocycles. The molecule has 0 aliphatic carbocycles. The number of nitrogen functional groups attached to an aromatic ring is 1. The highest BCUT2D eigenvalue weighted by atomic mass is 32.2. The number of amides is 1. The van der Waals surface area contributed by atoms with Gasteiger partial charge in [-0.05, 0) is 24.6 Å². The molecule has 0 spiro atoms. The summed E-state index contributed by atoms with van der Waals surface area (Å²) in [5.74, 6) is 0.303. The van der Waals surface area contributed by atoms with Crippen molar-refractivity contribution in [3.05, 3.63) is 23.8 Å². The van der Waals surface area contributed by atoms with Crippen LogP contribution in [-0.2, 0) is 4.79 Å². The summed E-state index contributed by atoms with van der Waals surface area (Å²) < 4.78 is 0. The normalized spacial score (nSPS) is 9.65. The number of carbonyl (C=O) groups is 1. The van der Waals surface area contributed by atoms with Gasteiger partial charge in [-0.1, -0.05) is 6.92 Å². The molecule has 0 aliphatic heterocycles. The number of rotatable bonds is 5. The third-order valence-electron chi connectivity index (χ3n) is 2.07. The van der Waals surface area contributed by atoms with Crippen molar-refractivity contribution in [1.82, 2.24) is 5.32 Å². The van der Waals surface area contributed by atoms with Crippen LogP contribution in [0.15, 0.2) is 23.1 Å². The van der Waals surface area contributed by atoms with E-state index in [1.165, 1.54) is 11.8 Å². The molecule has 0 radical (unpaired) electrons. The molecule has 0 aliphatic rings. The van der Waals surface area contributed by atoms with Gasteiger partial charge in [0, 0.05) is 17.1 Å². The number of hydrogen-bond donors (Lipinski definition) is 2. The highest BCUT2D eigenvalue weighted by Crippen LogP contribution is 2.25. The first-order chi connectivity index (χ1) is 8.17. The highest BCUT2D eigenvalue weighted by molar-refractivity contribution is 8.00. The van der Waals surface area contributed by atoms with E-state index in [9.17, 15) is 4.79 Å². The van der Waals surface area contributed by atoms with Crippen LogP contribution >= 0.6 is 11.8 Å². The molecule has 4 nitrogen and oxygen atoms in total. The van der Waals surface area contributed by atoms with Gasteiger partial charge < -0.3 is 11.1 Å². The van der Waals surface area contributed by atoms with E-state index in [-0.39, 0.29) is 5.91 Å². The van der Waals surface area contributed by atoms with Crippen LogP contribution in [-0.4, -0.2) is 18.2 Å². The van der Waals surface area contributed by atoms with Crippen LogP contribution in [0.5, 0.6) is 0 Å². The maximum Gasteiger partial charge on any atom is 0.230 e. The van der Waals surface area contributed by atoms with Gasteiger partial charge in [0.1, 0.15) is 0 Å². The van der Waals surface area contributed by atoms with E-state index in [1.807, 2.05) is 13.0 Å². The van der Waals surface area contributed by atoms with E-state index in [4.69, 9.17) is 11.0 Å². The summed E-state index contributed by atoms with van der Waals surface area (Å²) in [5.41, 5.74) is 6.91. The molecule has 0 saturated heterocycles. The number of hydrogen-bond acceptors (Lipinski definition) is 4. The van der Waals surface area contributed by atoms with E-state index >= 15 is 0 Å². The van der Waals surface area contributed by atoms with Gasteiger partial charge in [0.2, 0.25) is 5.91 Å². The predicted molar refractivity (Wildman–Crippen MR) is 69.6 cm³/mol. The maximum absolute atomic E-state index is 11.4. The third kappa shape index (κ3) is 4.37. The Labute approximate surface area is 105 Å². The number of benzene rings is 1. The van der Waals surface area contributed by atoms with Gasteiger partial charge in [-0.25, -0.2) is 0 Å². The van der Waals surface area contributed by atoms with Crippen molar-refractivity contribution in [2.24, 2.45) is 0 Å². The molecule has 0 heterocycles. The number of thioether (sulfide) groups is 1. The van der Waals surface area contributed by atoms with Crippen molar-refractivity contribution >= 4 is 23.4 Å². The van der Waals surface area contributed by atoms with Gasteiger partial charge in [-0.2, -0.15) is 5.26 Å². The number of nitriles is 1. The number of anilines is 1. The first-order valence-corrected chi connectivity index (χ1v) is 6.35. The standard InChI is InChI=1S/C12H15N3OS/c1-2-5-15-12(16)8-17-11-6-9(7-13)3-4-10(11)14/h3-4,6H,2,5,8,14H2,1H3,(H,15,16). The topological polar surface area (TPSA) is 78.9 Å². The zero-order valence-electron chi connectivity index (χ0n) is 9.69. The second-order valence-electron chi connectivity index (χ2n) is 3.50. The van der Waals surface area contributed by atoms with Gasteiger partial charge in [0.05, 0.1) is 17.4 Å². The van der Waals surface area contributed by atoms with Crippen LogP contribution in [0.25, 0.3) is 0 Å². The number of nitrogens with two attached hydrogens (primary N) is 1. The average molecular weight is 249 g/mol. The lowest BCUT2D eigenvalue weighted by molar-refractivity contribution is -0.118. The fourth-order valence-corrected chi connectivity index (χ4v) is 2.02. The Kier molecular flexibility index (Phi) is 5.37. The number of nitrogens with zero attached hydrogens (tertiary/aromatic N) is 1. The van der Waals surface area contributed by atoms with Crippen LogP contribution in [0.2, 0.25) is 0 Å². The van der Waals surface area contributed by atoms with Gasteiger partial charge in [0.25, 0.3) is 0 Å². The smallest absolute Gasteiger partial charge is 0.230 e. The Hall–Kier alpha value is -1.67. The lowest BCUT2D eigenvalue weighted by atomic mass is 10.2. The Bertz CT molecular complexity index is 440. The second-order valence-corrected chi connectivity index (χ2v) is 4.52. The predicted octanol–water partition coefficient (Wildman–Crippen LogP) is 1.76. The molecule has 1 amide bonds. The van der Waals surface area contributed by atoms with Gasteiger partial charge in [-0.3, -0.25) is 4.79 Å². The Morgan fingerprint density at radius 2 is 2.35 bits per heavy atom. The molecule has 1 rings (SSSR count). The molecule has 90 valence electrons. The van der Waals surface area contributed by atoms with Crippen molar-refractivity contribution in [3.63, 3.8) is 0 Å². The minimum Gasteiger partial charge on any atom is -0.398 e. The quantitative estimate of drug-likeness (QED) is 0.615. The fraction of sp³-hybridized carbons (Fsp3) is 0.333. The third-order valence-corrected chi connectivity index (χ3v) is 3.14. The molecule has 0 saturated carbocycles. The van der Waals surface area contributed by atoms with Crippen LogP contribution < -0.4 is 11.1 Å². The minimum atomic E-state index is -0.0152. The summed E-state index contributed by atoms with van der Waals surface area (Å²) in [6.07, 6.45) is 0.919. The molecule has 1 aromatic rings. The largest absolute Gasteiger partial charge is 0.398 e. The molecule has 3 N–H and O–H groups in total. The zero-order valence-corrected chi connectivity index (χ0v) is 10.5. The zero-order chi connectivity index (χ0) is 12.7. The van der Waals surface area contributed by atoms with Gasteiger partial charge in [-0.15, -0.1) is 11.8 Å². The van der Waals surface area contributed by atoms with E-state index in [0.717, 1.165) is 11.3 Å². The highest BCUT2D eigenvalue weighted by Gasteiger charge is 2.05. The summed E-state index contributed by atoms with van der Waals surface area (Å²) in [6, 6.07) is 7.10. The minimum absolute atomic E-state index is 0.0152. The van der Waals surface area contributed by atoms with Crippen molar-refractivity contribution in [1.29, 1.82) is 5.26 Å². The second kappa shape index (κ2) is 6.81. The maximum atomic E-state index is 11.4. The number of nitrogens with one attached hydrogen (secondary N) is 1. The Balaban J connectivity index is 2.57. The monoisotopic (exact) mass is 249 g/mol. The van der Waals surface area contributed by atoms with E-state index < -0.39 is 0 Å². The molecule has 0 bridgehead atoms. The van der Waals surface area contributed by atoms with Gasteiger partial charge >= 0.3 is 0 Å². The molecule has 0 aromatic heterocycles. The molecular weight excluding hydrogens is 234 g/mol. The summed E-state index contributed by atoms with van der Waals surface area (Å²) in [4.78, 5) is 12.2. The van der Waals surface area contributed by atoms with Gasteiger partial charge in [0.15, 0.2) is 0 Å². The summed E-state index contributed by atoms with van der Waals surface area (Å²) in [5, 5.41) is 11.6. The molecule has 0 atom stereocenters. The van der Waals surface area contributed by atoms with Crippen LogP contribution in [0, 0.1) is 11.3 Å². The molecule has 17 heavy (non-hydrogen) atoms. The van der Waals surface area contributed by atoms with E-state index in [0.29, 0.717) is 23.5 Å². The summed E-state index contributed by atoms with van der Waals surface area (Å²) >= 11 is 1.35. The molecule has 0 unspecified atom stereocenters. The Morgan fingerprint density at radius 1 is 1.59 bits per heavy atom. The van der Waals surface area contributed by atoms with Crippen LogP contribution in [0.3, 0.4) is 0 Å². The van der Waals surface area contributed by atoms with Crippen molar-refractivity contribution in [2.75, 3.05) is 18.0 Å². The van der Waals surface area contributed by atoms with Crippen molar-refractivity contribution in [3.8, 4) is 6.07 Å². The van der Waals surface area contributed by atoms with E-state index in [2.05, 4.69) is 5.32 Å². The average Bonchev–Trinajstić information content (AvgIpc) is 2.35. The van der Waals surface area contributed by atoms with Crippen molar-refractivity contribution in [2.45, 2.75) is 18.2 Å².